The number of fused-ring (bicyclic) bond motifs is 1. The van der Waals surface area contributed by atoms with Gasteiger partial charge in [0.1, 0.15) is 5.75 Å². The Morgan fingerprint density at radius 3 is 2.72 bits per heavy atom. The van der Waals surface area contributed by atoms with Crippen molar-refractivity contribution in [2.45, 2.75) is 19.8 Å². The molecule has 0 aliphatic heterocycles. The highest BCUT2D eigenvalue weighted by Gasteiger charge is 2.24. The Bertz CT molecular complexity index is 532. The van der Waals surface area contributed by atoms with Gasteiger partial charge >= 0.3 is 0 Å². The second-order valence-electron chi connectivity index (χ2n) is 4.10. The smallest absolute Gasteiger partial charge is 0.205 e. The van der Waals surface area contributed by atoms with Crippen LogP contribution in [0.5, 0.6) is 5.75 Å². The van der Waals surface area contributed by atoms with Crippen molar-refractivity contribution in [3.05, 3.63) is 40.4 Å². The van der Waals surface area contributed by atoms with Crippen molar-refractivity contribution in [3.8, 4) is 5.75 Å². The number of rotatable bonds is 4. The summed E-state index contributed by atoms with van der Waals surface area (Å²) >= 11 is 5.69. The molecular formula is C14H13ClO3. The van der Waals surface area contributed by atoms with Crippen molar-refractivity contribution in [2.24, 2.45) is 0 Å². The minimum atomic E-state index is -0.314. The van der Waals surface area contributed by atoms with Gasteiger partial charge in [0.15, 0.2) is 5.78 Å². The highest BCUT2D eigenvalue weighted by atomic mass is 35.5. The van der Waals surface area contributed by atoms with Gasteiger partial charge in [0.25, 0.3) is 0 Å². The second-order valence-corrected chi connectivity index (χ2v) is 4.50. The lowest BCUT2D eigenvalue weighted by atomic mass is 9.94. The number of hydrogen-bond acceptors (Lipinski definition) is 3. The van der Waals surface area contributed by atoms with Crippen LogP contribution in [0.3, 0.4) is 0 Å². The molecule has 18 heavy (non-hydrogen) atoms. The predicted octanol–water partition coefficient (Wildman–Crippen LogP) is 3.37. The van der Waals surface area contributed by atoms with Gasteiger partial charge < -0.3 is 4.74 Å². The summed E-state index contributed by atoms with van der Waals surface area (Å²) in [4.78, 5) is 23.5. The number of unbranched alkanes of at least 4 members (excludes halogenated alkanes) is 1. The molecule has 4 heteroatoms. The highest BCUT2D eigenvalue weighted by Crippen LogP contribution is 2.26. The first-order valence-electron chi connectivity index (χ1n) is 5.86. The summed E-state index contributed by atoms with van der Waals surface area (Å²) in [5, 5.41) is -0.0350. The van der Waals surface area contributed by atoms with Crippen molar-refractivity contribution in [3.63, 3.8) is 0 Å². The summed E-state index contributed by atoms with van der Waals surface area (Å²) in [5.74, 6) is 0.0386. The monoisotopic (exact) mass is 264 g/mol. The first kappa shape index (κ1) is 12.8. The molecule has 0 N–H and O–H groups in total. The van der Waals surface area contributed by atoms with E-state index in [-0.39, 0.29) is 16.6 Å². The zero-order valence-corrected chi connectivity index (χ0v) is 10.8. The van der Waals surface area contributed by atoms with Gasteiger partial charge in [-0.25, -0.2) is 0 Å². The van der Waals surface area contributed by atoms with Crippen LogP contribution in [0.4, 0.5) is 0 Å². The Labute approximate surface area is 110 Å². The van der Waals surface area contributed by atoms with Crippen LogP contribution in [0.1, 0.15) is 40.5 Å². The van der Waals surface area contributed by atoms with Crippen LogP contribution in [0.25, 0.3) is 0 Å². The third-order valence-corrected chi connectivity index (χ3v) is 3.02. The van der Waals surface area contributed by atoms with E-state index in [9.17, 15) is 9.59 Å². The van der Waals surface area contributed by atoms with E-state index < -0.39 is 0 Å². The Kier molecular flexibility index (Phi) is 3.82. The first-order valence-corrected chi connectivity index (χ1v) is 6.24. The molecule has 0 unspecified atom stereocenters. The fraction of sp³-hybridized carbons (Fsp3) is 0.286. The minimum absolute atomic E-state index is 0.0350. The summed E-state index contributed by atoms with van der Waals surface area (Å²) in [6.45, 7) is 2.68. The Balaban J connectivity index is 2.26. The van der Waals surface area contributed by atoms with Crippen LogP contribution in [0.15, 0.2) is 29.3 Å². The Morgan fingerprint density at radius 1 is 1.22 bits per heavy atom. The van der Waals surface area contributed by atoms with Gasteiger partial charge in [0.05, 0.1) is 11.6 Å². The SMILES string of the molecule is CCCCOc1ccc2c(c1)C(=O)C=C(Cl)C2=O. The molecule has 0 radical (unpaired) electrons. The van der Waals surface area contributed by atoms with Crippen molar-refractivity contribution in [1.82, 2.24) is 0 Å². The maximum Gasteiger partial charge on any atom is 0.205 e. The van der Waals surface area contributed by atoms with E-state index in [2.05, 4.69) is 6.92 Å². The molecule has 0 amide bonds. The average molecular weight is 265 g/mol. The Morgan fingerprint density at radius 2 is 2.00 bits per heavy atom. The summed E-state index contributed by atoms with van der Waals surface area (Å²) in [6.07, 6.45) is 3.15. The maximum absolute atomic E-state index is 11.8. The summed E-state index contributed by atoms with van der Waals surface area (Å²) < 4.78 is 5.51. The number of hydrogen-bond donors (Lipinski definition) is 0. The molecule has 0 bridgehead atoms. The Hall–Kier alpha value is -1.61. The van der Waals surface area contributed by atoms with Crippen LogP contribution in [0, 0.1) is 0 Å². The van der Waals surface area contributed by atoms with Crippen molar-refractivity contribution >= 4 is 23.2 Å². The predicted molar refractivity (Wildman–Crippen MR) is 69.4 cm³/mol. The molecule has 0 saturated carbocycles. The molecule has 3 nitrogen and oxygen atoms in total. The van der Waals surface area contributed by atoms with Gasteiger partial charge in [0.2, 0.25) is 5.78 Å². The largest absolute Gasteiger partial charge is 0.494 e. The van der Waals surface area contributed by atoms with Crippen LogP contribution in [-0.2, 0) is 0 Å². The van der Waals surface area contributed by atoms with E-state index in [4.69, 9.17) is 16.3 Å². The molecule has 0 saturated heterocycles. The fourth-order valence-corrected chi connectivity index (χ4v) is 1.94. The number of carbonyl (C=O) groups is 2. The van der Waals surface area contributed by atoms with E-state index in [1.54, 1.807) is 18.2 Å². The molecule has 1 aliphatic rings. The molecule has 1 aliphatic carbocycles. The lowest BCUT2D eigenvalue weighted by molar-refractivity contribution is 0.0990. The van der Waals surface area contributed by atoms with Gasteiger partial charge in [-0.15, -0.1) is 0 Å². The number of carbonyl (C=O) groups excluding carboxylic acids is 2. The van der Waals surface area contributed by atoms with Crippen molar-refractivity contribution in [1.29, 1.82) is 0 Å². The third kappa shape index (κ3) is 2.46. The minimum Gasteiger partial charge on any atom is -0.494 e. The van der Waals surface area contributed by atoms with Crippen LogP contribution in [-0.4, -0.2) is 18.2 Å². The summed E-state index contributed by atoms with van der Waals surface area (Å²) in [6, 6.07) is 4.88. The summed E-state index contributed by atoms with van der Waals surface area (Å²) in [5.41, 5.74) is 0.703. The van der Waals surface area contributed by atoms with Gasteiger partial charge in [-0.1, -0.05) is 24.9 Å². The molecule has 94 valence electrons. The molecule has 0 fully saturated rings. The van der Waals surface area contributed by atoms with Gasteiger partial charge in [-0.3, -0.25) is 9.59 Å². The average Bonchev–Trinajstić information content (AvgIpc) is 2.36. The normalized spacial score (nSPS) is 14.2. The fourth-order valence-electron chi connectivity index (χ4n) is 1.74. The van der Waals surface area contributed by atoms with E-state index in [1.165, 1.54) is 0 Å². The zero-order chi connectivity index (χ0) is 13.1. The number of benzene rings is 1. The zero-order valence-electron chi connectivity index (χ0n) is 10.0. The number of ether oxygens (including phenoxy) is 1. The quantitative estimate of drug-likeness (QED) is 0.783. The number of ketones is 2. The molecule has 0 spiro atoms. The topological polar surface area (TPSA) is 43.4 Å². The highest BCUT2D eigenvalue weighted by molar-refractivity contribution is 6.49. The molecule has 1 aromatic carbocycles. The van der Waals surface area contributed by atoms with Crippen molar-refractivity contribution in [2.75, 3.05) is 6.61 Å². The molecule has 0 atom stereocenters. The van der Waals surface area contributed by atoms with Crippen molar-refractivity contribution < 1.29 is 14.3 Å². The molecule has 2 rings (SSSR count). The number of halogens is 1. The van der Waals surface area contributed by atoms with E-state index in [0.29, 0.717) is 23.5 Å². The molecule has 1 aromatic rings. The van der Waals surface area contributed by atoms with E-state index in [0.717, 1.165) is 18.9 Å². The lowest BCUT2D eigenvalue weighted by Crippen LogP contribution is -2.14. The molecule has 0 aromatic heterocycles. The van der Waals surface area contributed by atoms with Crippen LogP contribution < -0.4 is 4.74 Å². The first-order chi connectivity index (χ1) is 8.63. The standard InChI is InChI=1S/C14H13ClO3/c1-2-3-6-18-9-4-5-10-11(7-9)13(16)8-12(15)14(10)17/h4-5,7-8H,2-3,6H2,1H3. The number of Topliss-reactive ketones (excluding diaryl/α,β-unsaturated/α-hetero) is 1. The van der Waals surface area contributed by atoms with Crippen LogP contribution >= 0.6 is 11.6 Å². The molecule has 0 heterocycles. The van der Waals surface area contributed by atoms with Gasteiger partial charge in [0, 0.05) is 17.2 Å². The van der Waals surface area contributed by atoms with Gasteiger partial charge in [-0.05, 0) is 24.6 Å². The summed E-state index contributed by atoms with van der Waals surface area (Å²) in [7, 11) is 0. The second kappa shape index (κ2) is 5.36. The third-order valence-electron chi connectivity index (χ3n) is 2.74. The van der Waals surface area contributed by atoms with Crippen LogP contribution in [0.2, 0.25) is 0 Å². The van der Waals surface area contributed by atoms with E-state index in [1.807, 2.05) is 0 Å². The molecular weight excluding hydrogens is 252 g/mol. The van der Waals surface area contributed by atoms with E-state index >= 15 is 0 Å². The van der Waals surface area contributed by atoms with Gasteiger partial charge in [-0.2, -0.15) is 0 Å². The number of allylic oxidation sites excluding steroid dienone is 2. The maximum atomic E-state index is 11.8. The lowest BCUT2D eigenvalue weighted by Gasteiger charge is -2.13.